The van der Waals surface area contributed by atoms with Crippen molar-refractivity contribution >= 4 is 42.3 Å². The lowest BCUT2D eigenvalue weighted by Gasteiger charge is -2.35. The molecular formula is C16H24Cl3N3O2. The molecule has 8 heteroatoms. The van der Waals surface area contributed by atoms with E-state index in [-0.39, 0.29) is 36.8 Å². The summed E-state index contributed by atoms with van der Waals surface area (Å²) >= 11 is 5.98. The summed E-state index contributed by atoms with van der Waals surface area (Å²) < 4.78 is 5.42. The first kappa shape index (κ1) is 21.5. The Morgan fingerprint density at radius 1 is 1.25 bits per heavy atom. The lowest BCUT2D eigenvalue weighted by molar-refractivity contribution is -0.123. The molecule has 0 radical (unpaired) electrons. The summed E-state index contributed by atoms with van der Waals surface area (Å²) in [6.45, 7) is 3.71. The molecule has 1 atom stereocenters. The third-order valence-corrected chi connectivity index (χ3v) is 4.69. The molecule has 1 aliphatic heterocycles. The van der Waals surface area contributed by atoms with E-state index in [4.69, 9.17) is 22.1 Å². The van der Waals surface area contributed by atoms with Crippen molar-refractivity contribution < 1.29 is 9.53 Å². The SMILES string of the molecule is Cl.Cl.NC1(C(=O)NCC(c2ccc(Cl)cc2)N2CCOCC2)CC1. The number of rotatable bonds is 5. The van der Waals surface area contributed by atoms with Crippen molar-refractivity contribution in [1.82, 2.24) is 10.2 Å². The van der Waals surface area contributed by atoms with Crippen LogP contribution in [-0.2, 0) is 9.53 Å². The molecule has 1 unspecified atom stereocenters. The normalized spacial score (nSPS) is 20.2. The van der Waals surface area contributed by atoms with Gasteiger partial charge in [-0.2, -0.15) is 0 Å². The molecule has 0 spiro atoms. The van der Waals surface area contributed by atoms with Crippen LogP contribution >= 0.6 is 36.4 Å². The molecule has 0 bridgehead atoms. The Morgan fingerprint density at radius 2 is 1.83 bits per heavy atom. The third kappa shape index (κ3) is 5.22. The van der Waals surface area contributed by atoms with Gasteiger partial charge in [0.25, 0.3) is 0 Å². The van der Waals surface area contributed by atoms with E-state index < -0.39 is 5.54 Å². The fourth-order valence-corrected chi connectivity index (χ4v) is 2.88. The summed E-state index contributed by atoms with van der Waals surface area (Å²) in [6.07, 6.45) is 1.56. The predicted molar refractivity (Wildman–Crippen MR) is 100 cm³/mol. The zero-order chi connectivity index (χ0) is 15.6. The Balaban J connectivity index is 0.00000144. The molecule has 1 aromatic rings. The van der Waals surface area contributed by atoms with E-state index >= 15 is 0 Å². The predicted octanol–water partition coefficient (Wildman–Crippen LogP) is 2.16. The molecule has 1 amide bonds. The highest BCUT2D eigenvalue weighted by atomic mass is 35.5. The van der Waals surface area contributed by atoms with E-state index in [1.807, 2.05) is 24.3 Å². The molecule has 2 aliphatic rings. The highest BCUT2D eigenvalue weighted by Crippen LogP contribution is 2.32. The van der Waals surface area contributed by atoms with E-state index in [9.17, 15) is 4.79 Å². The molecule has 1 aliphatic carbocycles. The zero-order valence-corrected chi connectivity index (χ0v) is 15.8. The van der Waals surface area contributed by atoms with Gasteiger partial charge in [0.2, 0.25) is 5.91 Å². The number of carbonyl (C=O) groups is 1. The van der Waals surface area contributed by atoms with Crippen LogP contribution in [0.1, 0.15) is 24.4 Å². The number of morpholine rings is 1. The van der Waals surface area contributed by atoms with E-state index in [1.54, 1.807) is 0 Å². The van der Waals surface area contributed by atoms with Crippen molar-refractivity contribution in [2.24, 2.45) is 5.73 Å². The van der Waals surface area contributed by atoms with Gasteiger partial charge in [0.1, 0.15) is 0 Å². The maximum atomic E-state index is 12.1. The molecule has 0 aromatic heterocycles. The van der Waals surface area contributed by atoms with Crippen LogP contribution in [0.4, 0.5) is 0 Å². The topological polar surface area (TPSA) is 67.6 Å². The number of amides is 1. The fourth-order valence-electron chi connectivity index (χ4n) is 2.76. The van der Waals surface area contributed by atoms with Crippen molar-refractivity contribution in [3.63, 3.8) is 0 Å². The average Bonchev–Trinajstić information content (AvgIpc) is 3.29. The molecule has 1 aromatic carbocycles. The molecule has 3 rings (SSSR count). The van der Waals surface area contributed by atoms with Gasteiger partial charge in [-0.15, -0.1) is 24.8 Å². The van der Waals surface area contributed by atoms with Gasteiger partial charge < -0.3 is 15.8 Å². The van der Waals surface area contributed by atoms with Gasteiger partial charge in [-0.05, 0) is 30.5 Å². The standard InChI is InChI=1S/C16H22ClN3O2.2ClH/c17-13-3-1-12(2-4-13)14(20-7-9-22-10-8-20)11-19-15(21)16(18)5-6-16;;/h1-4,14H,5-11,18H2,(H,19,21);2*1H. The Bertz CT molecular complexity index is 532. The van der Waals surface area contributed by atoms with Crippen LogP contribution < -0.4 is 11.1 Å². The van der Waals surface area contributed by atoms with Crippen LogP contribution in [0, 0.1) is 0 Å². The van der Waals surface area contributed by atoms with Crippen molar-refractivity contribution in [1.29, 1.82) is 0 Å². The first-order valence-corrected chi connectivity index (χ1v) is 8.11. The lowest BCUT2D eigenvalue weighted by atomic mass is 10.0. The number of halogens is 3. The highest BCUT2D eigenvalue weighted by molar-refractivity contribution is 6.30. The highest BCUT2D eigenvalue weighted by Gasteiger charge is 2.46. The number of nitrogens with zero attached hydrogens (tertiary/aromatic N) is 1. The van der Waals surface area contributed by atoms with Crippen LogP contribution in [0.25, 0.3) is 0 Å². The Morgan fingerprint density at radius 3 is 2.38 bits per heavy atom. The molecule has 24 heavy (non-hydrogen) atoms. The van der Waals surface area contributed by atoms with E-state index in [0.717, 1.165) is 44.7 Å². The molecule has 1 saturated carbocycles. The van der Waals surface area contributed by atoms with Crippen LogP contribution in [0.3, 0.4) is 0 Å². The maximum absolute atomic E-state index is 12.1. The van der Waals surface area contributed by atoms with Crippen molar-refractivity contribution in [2.75, 3.05) is 32.8 Å². The number of nitrogens with two attached hydrogens (primary N) is 1. The Labute approximate surface area is 160 Å². The van der Waals surface area contributed by atoms with Crippen molar-refractivity contribution in [2.45, 2.75) is 24.4 Å². The molecule has 1 saturated heterocycles. The van der Waals surface area contributed by atoms with Crippen LogP contribution in [-0.4, -0.2) is 49.2 Å². The first-order chi connectivity index (χ1) is 10.6. The smallest absolute Gasteiger partial charge is 0.240 e. The van der Waals surface area contributed by atoms with E-state index in [1.165, 1.54) is 0 Å². The second-order valence-corrected chi connectivity index (χ2v) is 6.52. The molecule has 5 nitrogen and oxygen atoms in total. The van der Waals surface area contributed by atoms with Crippen molar-refractivity contribution in [3.05, 3.63) is 34.9 Å². The number of carbonyl (C=O) groups excluding carboxylic acids is 1. The summed E-state index contributed by atoms with van der Waals surface area (Å²) in [5.41, 5.74) is 6.47. The minimum atomic E-state index is -0.629. The summed E-state index contributed by atoms with van der Waals surface area (Å²) in [4.78, 5) is 14.4. The number of nitrogens with one attached hydrogen (secondary N) is 1. The quantitative estimate of drug-likeness (QED) is 0.800. The second kappa shape index (κ2) is 9.22. The summed E-state index contributed by atoms with van der Waals surface area (Å²) in [5, 5.41) is 3.73. The Hall–Kier alpha value is -0.560. The van der Waals surface area contributed by atoms with Gasteiger partial charge in [-0.1, -0.05) is 23.7 Å². The van der Waals surface area contributed by atoms with Gasteiger partial charge in [0.05, 0.1) is 24.8 Å². The minimum Gasteiger partial charge on any atom is -0.379 e. The minimum absolute atomic E-state index is 0. The van der Waals surface area contributed by atoms with Crippen LogP contribution in [0.15, 0.2) is 24.3 Å². The van der Waals surface area contributed by atoms with E-state index in [0.29, 0.717) is 11.6 Å². The van der Waals surface area contributed by atoms with Gasteiger partial charge in [0.15, 0.2) is 0 Å². The maximum Gasteiger partial charge on any atom is 0.240 e. The number of ether oxygens (including phenoxy) is 1. The average molecular weight is 397 g/mol. The Kier molecular flexibility index (Phi) is 8.26. The summed E-state index contributed by atoms with van der Waals surface area (Å²) in [6, 6.07) is 7.93. The fraction of sp³-hybridized carbons (Fsp3) is 0.562. The molecule has 1 heterocycles. The zero-order valence-electron chi connectivity index (χ0n) is 13.4. The number of benzene rings is 1. The second-order valence-electron chi connectivity index (χ2n) is 6.08. The van der Waals surface area contributed by atoms with Crippen LogP contribution in [0.5, 0.6) is 0 Å². The van der Waals surface area contributed by atoms with Crippen molar-refractivity contribution in [3.8, 4) is 0 Å². The first-order valence-electron chi connectivity index (χ1n) is 7.73. The summed E-state index contributed by atoms with van der Waals surface area (Å²) in [7, 11) is 0. The number of hydrogen-bond acceptors (Lipinski definition) is 4. The van der Waals surface area contributed by atoms with Gasteiger partial charge in [-0.3, -0.25) is 9.69 Å². The van der Waals surface area contributed by atoms with Crippen LogP contribution in [0.2, 0.25) is 5.02 Å². The number of hydrogen-bond donors (Lipinski definition) is 2. The van der Waals surface area contributed by atoms with Gasteiger partial charge in [0, 0.05) is 24.7 Å². The lowest BCUT2D eigenvalue weighted by Crippen LogP contribution is -2.48. The molecular weight excluding hydrogens is 373 g/mol. The molecule has 136 valence electrons. The van der Waals surface area contributed by atoms with Gasteiger partial charge >= 0.3 is 0 Å². The monoisotopic (exact) mass is 395 g/mol. The van der Waals surface area contributed by atoms with E-state index in [2.05, 4.69) is 10.2 Å². The molecule has 2 fully saturated rings. The largest absolute Gasteiger partial charge is 0.379 e. The van der Waals surface area contributed by atoms with Gasteiger partial charge in [-0.25, -0.2) is 0 Å². The third-order valence-electron chi connectivity index (χ3n) is 4.44. The molecule has 3 N–H and O–H groups in total. The summed E-state index contributed by atoms with van der Waals surface area (Å²) in [5.74, 6) is -0.0419.